The van der Waals surface area contributed by atoms with Crippen LogP contribution in [0.5, 0.6) is 10.9 Å². The molecule has 0 unspecified atom stereocenters. The number of benzene rings is 1. The Morgan fingerprint density at radius 3 is 3.11 bits per heavy atom. The maximum atomic E-state index is 5.96. The SMILES string of the molecule is c1cnc2nc(Oc3ccc4c(CN5C[C@@H]6CC[C@@H]5CN6)coc4c3)sc2c1. The van der Waals surface area contributed by atoms with Gasteiger partial charge in [-0.1, -0.05) is 11.3 Å². The van der Waals surface area contributed by atoms with E-state index in [0.717, 1.165) is 41.1 Å². The van der Waals surface area contributed by atoms with Crippen molar-refractivity contribution in [1.29, 1.82) is 0 Å². The predicted molar refractivity (Wildman–Crippen MR) is 109 cm³/mol. The van der Waals surface area contributed by atoms with E-state index in [4.69, 9.17) is 9.15 Å². The summed E-state index contributed by atoms with van der Waals surface area (Å²) in [4.78, 5) is 11.3. The van der Waals surface area contributed by atoms with Crippen LogP contribution in [0.15, 0.2) is 47.2 Å². The first kappa shape index (κ1) is 16.5. The molecule has 2 atom stereocenters. The summed E-state index contributed by atoms with van der Waals surface area (Å²) in [6.45, 7) is 3.18. The van der Waals surface area contributed by atoms with Gasteiger partial charge in [0, 0.05) is 54.9 Å². The topological polar surface area (TPSA) is 63.4 Å². The zero-order valence-corrected chi connectivity index (χ0v) is 16.1. The fourth-order valence-corrected chi connectivity index (χ4v) is 5.15. The Morgan fingerprint density at radius 2 is 2.29 bits per heavy atom. The molecule has 3 saturated heterocycles. The summed E-state index contributed by atoms with van der Waals surface area (Å²) in [6, 6.07) is 11.2. The number of aromatic nitrogens is 2. The van der Waals surface area contributed by atoms with Crippen LogP contribution in [0.1, 0.15) is 18.4 Å². The molecule has 3 aliphatic rings. The van der Waals surface area contributed by atoms with E-state index in [9.17, 15) is 0 Å². The van der Waals surface area contributed by atoms with E-state index in [1.54, 1.807) is 6.20 Å². The molecule has 6 heterocycles. The zero-order valence-electron chi connectivity index (χ0n) is 15.3. The van der Waals surface area contributed by atoms with Crippen LogP contribution in [0.4, 0.5) is 0 Å². The van der Waals surface area contributed by atoms with Crippen LogP contribution in [0.2, 0.25) is 0 Å². The Balaban J connectivity index is 1.24. The molecule has 0 radical (unpaired) electrons. The van der Waals surface area contributed by atoms with Gasteiger partial charge in [0.2, 0.25) is 0 Å². The molecular formula is C21H20N4O2S. The van der Waals surface area contributed by atoms with Gasteiger partial charge in [-0.05, 0) is 37.1 Å². The van der Waals surface area contributed by atoms with Crippen molar-refractivity contribution in [3.63, 3.8) is 0 Å². The number of thiazole rings is 1. The van der Waals surface area contributed by atoms with Crippen molar-refractivity contribution in [2.45, 2.75) is 31.5 Å². The largest absolute Gasteiger partial charge is 0.464 e. The van der Waals surface area contributed by atoms with Gasteiger partial charge in [-0.15, -0.1) is 0 Å². The Morgan fingerprint density at radius 1 is 1.29 bits per heavy atom. The minimum absolute atomic E-state index is 0.594. The van der Waals surface area contributed by atoms with Gasteiger partial charge in [-0.2, -0.15) is 4.98 Å². The summed E-state index contributed by atoms with van der Waals surface area (Å²) in [5.74, 6) is 0.730. The Bertz CT molecular complexity index is 1110. The lowest BCUT2D eigenvalue weighted by atomic mass is 9.92. The third-order valence-corrected chi connectivity index (χ3v) is 6.70. The third-order valence-electron chi connectivity index (χ3n) is 5.81. The number of piperidine rings is 2. The molecular weight excluding hydrogens is 372 g/mol. The Labute approximate surface area is 166 Å². The van der Waals surface area contributed by atoms with Crippen molar-refractivity contribution in [3.05, 3.63) is 48.4 Å². The second kappa shape index (κ2) is 6.55. The van der Waals surface area contributed by atoms with Crippen molar-refractivity contribution in [1.82, 2.24) is 20.2 Å². The van der Waals surface area contributed by atoms with Crippen molar-refractivity contribution in [2.75, 3.05) is 13.1 Å². The first-order chi connectivity index (χ1) is 13.8. The summed E-state index contributed by atoms with van der Waals surface area (Å²) >= 11 is 1.49. The molecule has 3 fully saturated rings. The van der Waals surface area contributed by atoms with Crippen LogP contribution in [0, 0.1) is 0 Å². The number of nitrogens with one attached hydrogen (secondary N) is 1. The van der Waals surface area contributed by atoms with E-state index < -0.39 is 0 Å². The van der Waals surface area contributed by atoms with Crippen LogP contribution in [-0.4, -0.2) is 40.0 Å². The summed E-state index contributed by atoms with van der Waals surface area (Å²) in [5.41, 5.74) is 2.82. The normalized spacial score (nSPS) is 22.3. The van der Waals surface area contributed by atoms with Crippen LogP contribution in [-0.2, 0) is 6.54 Å². The first-order valence-electron chi connectivity index (χ1n) is 9.69. The van der Waals surface area contributed by atoms with E-state index in [-0.39, 0.29) is 0 Å². The minimum atomic E-state index is 0.594. The minimum Gasteiger partial charge on any atom is -0.464 e. The number of pyridine rings is 1. The molecule has 7 heteroatoms. The predicted octanol–water partition coefficient (Wildman–Crippen LogP) is 4.17. The summed E-state index contributed by atoms with van der Waals surface area (Å²) in [6.07, 6.45) is 6.23. The van der Waals surface area contributed by atoms with Crippen LogP contribution >= 0.6 is 11.3 Å². The molecule has 7 rings (SSSR count). The molecule has 142 valence electrons. The third kappa shape index (κ3) is 2.87. The lowest BCUT2D eigenvalue weighted by Gasteiger charge is -2.45. The molecule has 6 nitrogen and oxygen atoms in total. The van der Waals surface area contributed by atoms with E-state index >= 15 is 0 Å². The van der Waals surface area contributed by atoms with Gasteiger partial charge >= 0.3 is 0 Å². The molecule has 0 saturated carbocycles. The second-order valence-electron chi connectivity index (χ2n) is 7.59. The van der Waals surface area contributed by atoms with E-state index in [1.807, 2.05) is 30.5 Å². The van der Waals surface area contributed by atoms with Gasteiger partial charge in [0.25, 0.3) is 5.19 Å². The highest BCUT2D eigenvalue weighted by atomic mass is 32.1. The van der Waals surface area contributed by atoms with Crippen molar-refractivity contribution in [2.24, 2.45) is 0 Å². The van der Waals surface area contributed by atoms with Gasteiger partial charge < -0.3 is 14.5 Å². The quantitative estimate of drug-likeness (QED) is 0.562. The lowest BCUT2D eigenvalue weighted by molar-refractivity contribution is 0.0687. The van der Waals surface area contributed by atoms with Crippen LogP contribution < -0.4 is 10.1 Å². The Hall–Kier alpha value is -2.48. The van der Waals surface area contributed by atoms with Gasteiger partial charge in [0.1, 0.15) is 11.3 Å². The van der Waals surface area contributed by atoms with Gasteiger partial charge in [-0.25, -0.2) is 4.98 Å². The smallest absolute Gasteiger partial charge is 0.281 e. The fourth-order valence-electron chi connectivity index (χ4n) is 4.36. The first-order valence-corrected chi connectivity index (χ1v) is 10.5. The fraction of sp³-hybridized carbons (Fsp3) is 0.333. The number of fused-ring (bicyclic) bond motifs is 5. The zero-order chi connectivity index (χ0) is 18.5. The molecule has 3 aliphatic heterocycles. The summed E-state index contributed by atoms with van der Waals surface area (Å²) in [7, 11) is 0. The van der Waals surface area contributed by atoms with Gasteiger partial charge in [-0.3, -0.25) is 4.90 Å². The highest BCUT2D eigenvalue weighted by Gasteiger charge is 2.33. The molecule has 0 aliphatic carbocycles. The van der Waals surface area contributed by atoms with Crippen molar-refractivity contribution >= 4 is 32.7 Å². The molecule has 0 spiro atoms. The maximum Gasteiger partial charge on any atom is 0.281 e. The highest BCUT2D eigenvalue weighted by Crippen LogP contribution is 2.33. The summed E-state index contributed by atoms with van der Waals surface area (Å²) < 4.78 is 12.8. The maximum absolute atomic E-state index is 5.96. The van der Waals surface area contributed by atoms with Gasteiger partial charge in [0.05, 0.1) is 11.0 Å². The lowest BCUT2D eigenvalue weighted by Crippen LogP contribution is -2.60. The number of furan rings is 1. The molecule has 4 aromatic rings. The molecule has 2 bridgehead atoms. The number of hydrogen-bond donors (Lipinski definition) is 1. The Kier molecular flexibility index (Phi) is 3.85. The highest BCUT2D eigenvalue weighted by molar-refractivity contribution is 7.20. The van der Waals surface area contributed by atoms with Crippen molar-refractivity contribution in [3.8, 4) is 10.9 Å². The molecule has 0 amide bonds. The van der Waals surface area contributed by atoms with Gasteiger partial charge in [0.15, 0.2) is 5.65 Å². The van der Waals surface area contributed by atoms with E-state index in [0.29, 0.717) is 22.9 Å². The molecule has 3 aromatic heterocycles. The second-order valence-corrected chi connectivity index (χ2v) is 8.58. The monoisotopic (exact) mass is 392 g/mol. The average molecular weight is 392 g/mol. The summed E-state index contributed by atoms with van der Waals surface area (Å²) in [5, 5.41) is 5.37. The number of hydrogen-bond acceptors (Lipinski definition) is 7. The molecule has 1 N–H and O–H groups in total. The van der Waals surface area contributed by atoms with Crippen LogP contribution in [0.3, 0.4) is 0 Å². The van der Waals surface area contributed by atoms with E-state index in [1.165, 1.54) is 29.7 Å². The van der Waals surface area contributed by atoms with Crippen LogP contribution in [0.25, 0.3) is 21.3 Å². The standard InChI is InChI=1S/C21H20N4O2S/c1-2-19-20(22-7-1)24-21(28-19)27-16-5-6-17-13(12-26-18(17)8-16)10-25-11-14-3-4-15(25)9-23-14/h1-2,5-8,12,14-15,23H,3-4,9-11H2/t14-,15+/m0/s1. The number of nitrogens with zero attached hydrogens (tertiary/aromatic N) is 3. The van der Waals surface area contributed by atoms with E-state index in [2.05, 4.69) is 26.3 Å². The molecule has 28 heavy (non-hydrogen) atoms. The molecule has 1 aromatic carbocycles. The number of ether oxygens (including phenoxy) is 1. The average Bonchev–Trinajstić information content (AvgIpc) is 3.32. The number of rotatable bonds is 4. The van der Waals surface area contributed by atoms with Crippen molar-refractivity contribution < 1.29 is 9.15 Å². The number of piperazine rings is 1.